The third-order valence-electron chi connectivity index (χ3n) is 4.62. The van der Waals surface area contributed by atoms with Crippen molar-refractivity contribution in [2.45, 2.75) is 38.1 Å². The van der Waals surface area contributed by atoms with Gasteiger partial charge in [-0.1, -0.05) is 30.3 Å². The lowest BCUT2D eigenvalue weighted by atomic mass is 10.0. The SMILES string of the molecule is O=C1CC2CCC[C@H]2[N@+]1(O)CCc1ccccc1. The largest absolute Gasteiger partial charge is 0.346 e. The van der Waals surface area contributed by atoms with Gasteiger partial charge in [-0.15, -0.1) is 4.65 Å². The van der Waals surface area contributed by atoms with Gasteiger partial charge in [-0.25, -0.2) is 10.0 Å². The zero-order chi connectivity index (χ0) is 12.6. The highest BCUT2D eigenvalue weighted by atomic mass is 16.6. The number of rotatable bonds is 3. The Bertz CT molecular complexity index is 445. The average molecular weight is 246 g/mol. The summed E-state index contributed by atoms with van der Waals surface area (Å²) in [6, 6.07) is 10.3. The van der Waals surface area contributed by atoms with Crippen LogP contribution in [0.4, 0.5) is 0 Å². The second kappa shape index (κ2) is 4.48. The van der Waals surface area contributed by atoms with Gasteiger partial charge in [0.1, 0.15) is 12.6 Å². The van der Waals surface area contributed by atoms with Crippen molar-refractivity contribution in [1.29, 1.82) is 0 Å². The Morgan fingerprint density at radius 1 is 1.22 bits per heavy atom. The van der Waals surface area contributed by atoms with Crippen molar-refractivity contribution in [2.75, 3.05) is 6.54 Å². The molecule has 1 N–H and O–H groups in total. The number of hydrogen-bond acceptors (Lipinski definition) is 2. The molecule has 0 spiro atoms. The first-order chi connectivity index (χ1) is 8.70. The van der Waals surface area contributed by atoms with E-state index in [-0.39, 0.29) is 16.6 Å². The molecule has 96 valence electrons. The molecule has 1 amide bonds. The molecule has 3 rings (SSSR count). The summed E-state index contributed by atoms with van der Waals surface area (Å²) in [7, 11) is 0. The van der Waals surface area contributed by atoms with E-state index >= 15 is 0 Å². The highest BCUT2D eigenvalue weighted by Gasteiger charge is 2.56. The van der Waals surface area contributed by atoms with Gasteiger partial charge in [0, 0.05) is 18.8 Å². The van der Waals surface area contributed by atoms with Crippen molar-refractivity contribution in [3.8, 4) is 0 Å². The Hall–Kier alpha value is -1.19. The molecule has 2 fully saturated rings. The van der Waals surface area contributed by atoms with E-state index in [4.69, 9.17) is 0 Å². The summed E-state index contributed by atoms with van der Waals surface area (Å²) in [6.07, 6.45) is 4.63. The zero-order valence-corrected chi connectivity index (χ0v) is 10.6. The Morgan fingerprint density at radius 3 is 2.78 bits per heavy atom. The van der Waals surface area contributed by atoms with Crippen LogP contribution < -0.4 is 0 Å². The van der Waals surface area contributed by atoms with Crippen LogP contribution in [0.25, 0.3) is 0 Å². The number of quaternary nitrogens is 1. The second-order valence-electron chi connectivity index (χ2n) is 5.64. The molecule has 3 nitrogen and oxygen atoms in total. The summed E-state index contributed by atoms with van der Waals surface area (Å²) < 4.78 is -0.306. The van der Waals surface area contributed by atoms with Crippen LogP contribution in [-0.4, -0.2) is 28.3 Å². The summed E-state index contributed by atoms with van der Waals surface area (Å²) >= 11 is 0. The van der Waals surface area contributed by atoms with Crippen molar-refractivity contribution >= 4 is 5.91 Å². The molecular formula is C15H20NO2+. The Balaban J connectivity index is 1.72. The van der Waals surface area contributed by atoms with Gasteiger partial charge in [-0.2, -0.15) is 0 Å². The molecular weight excluding hydrogens is 226 g/mol. The third-order valence-corrected chi connectivity index (χ3v) is 4.62. The lowest BCUT2D eigenvalue weighted by Crippen LogP contribution is -2.53. The van der Waals surface area contributed by atoms with Crippen molar-refractivity contribution < 1.29 is 14.6 Å². The lowest BCUT2D eigenvalue weighted by Gasteiger charge is -2.28. The van der Waals surface area contributed by atoms with E-state index in [9.17, 15) is 10.0 Å². The maximum absolute atomic E-state index is 12.1. The van der Waals surface area contributed by atoms with Crippen LogP contribution in [0.5, 0.6) is 0 Å². The quantitative estimate of drug-likeness (QED) is 0.657. The Labute approximate surface area is 108 Å². The van der Waals surface area contributed by atoms with Crippen molar-refractivity contribution in [1.82, 2.24) is 0 Å². The van der Waals surface area contributed by atoms with Gasteiger partial charge in [0.2, 0.25) is 0 Å². The summed E-state index contributed by atoms with van der Waals surface area (Å²) in [5.41, 5.74) is 1.19. The Morgan fingerprint density at radius 2 is 2.00 bits per heavy atom. The van der Waals surface area contributed by atoms with E-state index in [1.54, 1.807) is 0 Å². The van der Waals surface area contributed by atoms with Gasteiger partial charge in [-0.3, -0.25) is 0 Å². The van der Waals surface area contributed by atoms with E-state index in [0.717, 1.165) is 25.7 Å². The summed E-state index contributed by atoms with van der Waals surface area (Å²) in [5, 5.41) is 10.7. The number of hydroxylamine groups is 3. The van der Waals surface area contributed by atoms with Crippen LogP contribution in [0.2, 0.25) is 0 Å². The minimum atomic E-state index is -0.306. The monoisotopic (exact) mass is 246 g/mol. The number of carbonyl (C=O) groups is 1. The minimum absolute atomic E-state index is 0.0284. The van der Waals surface area contributed by atoms with Crippen LogP contribution in [-0.2, 0) is 11.2 Å². The first-order valence-electron chi connectivity index (χ1n) is 6.88. The third kappa shape index (κ3) is 1.88. The van der Waals surface area contributed by atoms with Gasteiger partial charge < -0.3 is 0 Å². The van der Waals surface area contributed by atoms with Gasteiger partial charge >= 0.3 is 5.91 Å². The number of hydrogen-bond donors (Lipinski definition) is 1. The molecule has 1 aliphatic carbocycles. The van der Waals surface area contributed by atoms with Gasteiger partial charge in [-0.05, 0) is 18.4 Å². The molecule has 1 aromatic rings. The second-order valence-corrected chi connectivity index (χ2v) is 5.64. The number of amides is 1. The first kappa shape index (κ1) is 11.9. The van der Waals surface area contributed by atoms with Crippen LogP contribution in [0.1, 0.15) is 31.2 Å². The normalized spacial score (nSPS) is 34.8. The number of carbonyl (C=O) groups excluding carboxylic acids is 1. The molecule has 1 saturated carbocycles. The van der Waals surface area contributed by atoms with Crippen LogP contribution in [0, 0.1) is 5.92 Å². The summed E-state index contributed by atoms with van der Waals surface area (Å²) in [4.78, 5) is 12.1. The highest BCUT2D eigenvalue weighted by molar-refractivity contribution is 5.71. The number of nitrogens with zero attached hydrogens (tertiary/aromatic N) is 1. The molecule has 1 aliphatic heterocycles. The molecule has 1 unspecified atom stereocenters. The number of fused-ring (bicyclic) bond motifs is 1. The molecule has 3 heteroatoms. The van der Waals surface area contributed by atoms with E-state index in [1.807, 2.05) is 18.2 Å². The summed E-state index contributed by atoms with van der Waals surface area (Å²) in [6.45, 7) is 0.532. The Kier molecular flexibility index (Phi) is 2.96. The van der Waals surface area contributed by atoms with Gasteiger partial charge in [0.05, 0.1) is 6.42 Å². The number of benzene rings is 1. The van der Waals surface area contributed by atoms with Crippen molar-refractivity contribution in [2.24, 2.45) is 5.92 Å². The molecule has 1 heterocycles. The topological polar surface area (TPSA) is 37.3 Å². The molecule has 0 bridgehead atoms. The van der Waals surface area contributed by atoms with Crippen LogP contribution in [0.15, 0.2) is 30.3 Å². The molecule has 18 heavy (non-hydrogen) atoms. The average Bonchev–Trinajstić information content (AvgIpc) is 2.93. The summed E-state index contributed by atoms with van der Waals surface area (Å²) in [5.74, 6) is 0.457. The predicted octanol–water partition coefficient (Wildman–Crippen LogP) is 2.53. The molecule has 3 atom stereocenters. The highest BCUT2D eigenvalue weighted by Crippen LogP contribution is 2.42. The lowest BCUT2D eigenvalue weighted by molar-refractivity contribution is -1.05. The minimum Gasteiger partial charge on any atom is -0.227 e. The molecule has 1 saturated heterocycles. The van der Waals surface area contributed by atoms with Crippen LogP contribution in [0.3, 0.4) is 0 Å². The molecule has 2 aliphatic rings. The van der Waals surface area contributed by atoms with E-state index in [1.165, 1.54) is 5.56 Å². The standard InChI is InChI=1S/C15H20NO2/c17-15-11-13-7-4-8-14(13)16(15,18)10-9-12-5-2-1-3-6-12/h1-3,5-6,13-14,18H,4,7-11H2/q+1/t13?,14-,16-/m1/s1. The molecule has 0 aromatic heterocycles. The molecule has 0 radical (unpaired) electrons. The van der Waals surface area contributed by atoms with Crippen molar-refractivity contribution in [3.05, 3.63) is 35.9 Å². The maximum Gasteiger partial charge on any atom is 0.346 e. The van der Waals surface area contributed by atoms with Crippen LogP contribution >= 0.6 is 0 Å². The van der Waals surface area contributed by atoms with Gasteiger partial charge in [0.25, 0.3) is 0 Å². The smallest absolute Gasteiger partial charge is 0.227 e. The fourth-order valence-corrected chi connectivity index (χ4v) is 3.62. The van der Waals surface area contributed by atoms with E-state index in [2.05, 4.69) is 12.1 Å². The fraction of sp³-hybridized carbons (Fsp3) is 0.533. The van der Waals surface area contributed by atoms with E-state index in [0.29, 0.717) is 18.9 Å². The maximum atomic E-state index is 12.1. The number of likely N-dealkylation sites (tertiary alicyclic amines) is 1. The molecule has 1 aromatic carbocycles. The predicted molar refractivity (Wildman–Crippen MR) is 67.8 cm³/mol. The first-order valence-corrected chi connectivity index (χ1v) is 6.88. The zero-order valence-electron chi connectivity index (χ0n) is 10.6. The fourth-order valence-electron chi connectivity index (χ4n) is 3.62. The van der Waals surface area contributed by atoms with Crippen molar-refractivity contribution in [3.63, 3.8) is 0 Å². The van der Waals surface area contributed by atoms with Gasteiger partial charge in [0.15, 0.2) is 0 Å². The van der Waals surface area contributed by atoms with E-state index < -0.39 is 0 Å².